The number of hydrogen-bond acceptors (Lipinski definition) is 5. The summed E-state index contributed by atoms with van der Waals surface area (Å²) in [6.45, 7) is 6.87. The molecule has 1 rings (SSSR count). The summed E-state index contributed by atoms with van der Waals surface area (Å²) in [6.07, 6.45) is 3.06. The quantitative estimate of drug-likeness (QED) is 0.553. The second kappa shape index (κ2) is 10.4. The van der Waals surface area contributed by atoms with Gasteiger partial charge in [-0.15, -0.1) is 10.2 Å². The van der Waals surface area contributed by atoms with E-state index in [4.69, 9.17) is 0 Å². The van der Waals surface area contributed by atoms with Gasteiger partial charge in [-0.1, -0.05) is 32.0 Å². The predicted octanol–water partition coefficient (Wildman–Crippen LogP) is 0.610. The number of nitrogens with zero attached hydrogens (tertiary/aromatic N) is 3. The Morgan fingerprint density at radius 3 is 2.48 bits per heavy atom. The van der Waals surface area contributed by atoms with E-state index >= 15 is 0 Å². The van der Waals surface area contributed by atoms with Crippen LogP contribution in [0, 0.1) is 0 Å². The Labute approximate surface area is 154 Å². The minimum absolute atomic E-state index is 0.258. The molecule has 0 spiro atoms. The lowest BCUT2D eigenvalue weighted by Crippen LogP contribution is -3.06. The Hall–Kier alpha value is -1.61. The number of aromatic nitrogens is 3. The maximum Gasteiger partial charge on any atom is 0.321 e. The van der Waals surface area contributed by atoms with Crippen LogP contribution < -0.4 is 15.5 Å². The lowest BCUT2D eigenvalue weighted by molar-refractivity contribution is -0.893. The van der Waals surface area contributed by atoms with E-state index in [1.807, 2.05) is 0 Å². The fourth-order valence-electron chi connectivity index (χ4n) is 2.51. The summed E-state index contributed by atoms with van der Waals surface area (Å²) < 4.78 is 2.12. The van der Waals surface area contributed by atoms with Crippen molar-refractivity contribution in [2.75, 3.05) is 21.1 Å². The first-order chi connectivity index (χ1) is 11.8. The summed E-state index contributed by atoms with van der Waals surface area (Å²) >= 11 is 1.33. The topological polar surface area (TPSA) is 93.4 Å². The van der Waals surface area contributed by atoms with Crippen molar-refractivity contribution in [3.8, 4) is 0 Å². The molecule has 0 unspecified atom stereocenters. The van der Waals surface area contributed by atoms with E-state index in [1.54, 1.807) is 6.92 Å². The second-order valence-corrected chi connectivity index (χ2v) is 7.52. The molecule has 2 atom stereocenters. The number of rotatable bonds is 9. The molecule has 1 aromatic heterocycles. The molecule has 0 saturated heterocycles. The van der Waals surface area contributed by atoms with Crippen molar-refractivity contribution in [3.05, 3.63) is 5.82 Å². The molecule has 3 N–H and O–H groups in total. The summed E-state index contributed by atoms with van der Waals surface area (Å²) in [5, 5.41) is 13.7. The van der Waals surface area contributed by atoms with Crippen LogP contribution in [0.25, 0.3) is 0 Å². The summed E-state index contributed by atoms with van der Waals surface area (Å²) in [5.41, 5.74) is 0. The standard InChI is InChI=1S/C16H30N6O2S/c1-7-9-10-22-13(12(8-2)21(5)6)19-20-16(22)25-11(3)14(23)18-15(24)17-4/h11-12H,7-10H2,1-6H3,(H2,17,18,23,24)/p+1/t11-,12+/m0/s1. The predicted molar refractivity (Wildman–Crippen MR) is 98.7 cm³/mol. The fraction of sp³-hybridized carbons (Fsp3) is 0.750. The van der Waals surface area contributed by atoms with Crippen LogP contribution in [0.4, 0.5) is 4.79 Å². The lowest BCUT2D eigenvalue weighted by atomic mass is 10.2. The number of thioether (sulfide) groups is 1. The average Bonchev–Trinajstić information content (AvgIpc) is 2.95. The van der Waals surface area contributed by atoms with Gasteiger partial charge in [0.2, 0.25) is 5.91 Å². The summed E-state index contributed by atoms with van der Waals surface area (Å²) in [7, 11) is 5.70. The van der Waals surface area contributed by atoms with Crippen LogP contribution in [-0.4, -0.2) is 53.1 Å². The highest BCUT2D eigenvalue weighted by atomic mass is 32.2. The number of unbranched alkanes of at least 4 members (excludes halogenated alkanes) is 1. The van der Waals surface area contributed by atoms with E-state index in [2.05, 4.69) is 53.3 Å². The highest BCUT2D eigenvalue weighted by molar-refractivity contribution is 8.00. The van der Waals surface area contributed by atoms with Crippen molar-refractivity contribution in [1.82, 2.24) is 25.4 Å². The molecule has 0 saturated carbocycles. The monoisotopic (exact) mass is 371 g/mol. The van der Waals surface area contributed by atoms with Gasteiger partial charge < -0.3 is 14.8 Å². The van der Waals surface area contributed by atoms with Crippen molar-refractivity contribution in [2.45, 2.75) is 63.0 Å². The molecule has 1 heterocycles. The van der Waals surface area contributed by atoms with Gasteiger partial charge in [0.15, 0.2) is 11.0 Å². The summed E-state index contributed by atoms with van der Waals surface area (Å²) in [5.74, 6) is 0.610. The van der Waals surface area contributed by atoms with Gasteiger partial charge in [-0.2, -0.15) is 0 Å². The first-order valence-electron chi connectivity index (χ1n) is 8.77. The van der Waals surface area contributed by atoms with Crippen LogP contribution in [0.3, 0.4) is 0 Å². The second-order valence-electron chi connectivity index (χ2n) is 6.21. The molecule has 1 aromatic rings. The third-order valence-electron chi connectivity index (χ3n) is 4.01. The van der Waals surface area contributed by atoms with Crippen molar-refractivity contribution >= 4 is 23.7 Å². The van der Waals surface area contributed by atoms with Gasteiger partial charge in [-0.25, -0.2) is 4.79 Å². The molecule has 8 nitrogen and oxygen atoms in total. The molecule has 0 radical (unpaired) electrons. The lowest BCUT2D eigenvalue weighted by Gasteiger charge is -2.20. The van der Waals surface area contributed by atoms with Crippen molar-refractivity contribution < 1.29 is 14.5 Å². The Morgan fingerprint density at radius 2 is 1.96 bits per heavy atom. The van der Waals surface area contributed by atoms with Crippen LogP contribution in [-0.2, 0) is 11.3 Å². The Morgan fingerprint density at radius 1 is 1.28 bits per heavy atom. The Kier molecular flexibility index (Phi) is 8.91. The number of urea groups is 1. The summed E-state index contributed by atoms with van der Waals surface area (Å²) in [4.78, 5) is 24.7. The van der Waals surface area contributed by atoms with Gasteiger partial charge in [0.1, 0.15) is 6.04 Å². The Balaban J connectivity index is 3.00. The first kappa shape index (κ1) is 21.4. The number of nitrogens with one attached hydrogen (secondary N) is 3. The highest BCUT2D eigenvalue weighted by Gasteiger charge is 2.26. The van der Waals surface area contributed by atoms with Crippen molar-refractivity contribution in [1.29, 1.82) is 0 Å². The number of hydrogen-bond donors (Lipinski definition) is 3. The number of amides is 3. The van der Waals surface area contributed by atoms with Crippen LogP contribution in [0.2, 0.25) is 0 Å². The molecule has 0 aromatic carbocycles. The highest BCUT2D eigenvalue weighted by Crippen LogP contribution is 2.25. The fourth-order valence-corrected chi connectivity index (χ4v) is 3.39. The molecule has 0 bridgehead atoms. The number of quaternary nitrogens is 1. The van der Waals surface area contributed by atoms with Crippen molar-refractivity contribution in [2.24, 2.45) is 0 Å². The van der Waals surface area contributed by atoms with Gasteiger partial charge in [0, 0.05) is 20.0 Å². The van der Waals surface area contributed by atoms with Crippen LogP contribution in [0.1, 0.15) is 51.9 Å². The zero-order valence-corrected chi connectivity index (χ0v) is 16.9. The third kappa shape index (κ3) is 6.00. The van der Waals surface area contributed by atoms with Crippen molar-refractivity contribution in [3.63, 3.8) is 0 Å². The Bertz CT molecular complexity index is 575. The van der Waals surface area contributed by atoms with Gasteiger partial charge >= 0.3 is 6.03 Å². The van der Waals surface area contributed by atoms with E-state index in [9.17, 15) is 9.59 Å². The van der Waals surface area contributed by atoms with E-state index in [-0.39, 0.29) is 11.9 Å². The molecular formula is C16H31N6O2S+. The zero-order valence-electron chi connectivity index (χ0n) is 16.0. The molecule has 142 valence electrons. The molecule has 3 amide bonds. The SMILES string of the molecule is CCCCn1c(S[C@@H](C)C(=O)NC(=O)NC)nnc1[C@@H](CC)[NH+](C)C. The smallest absolute Gasteiger partial charge is 0.321 e. The van der Waals surface area contributed by atoms with Gasteiger partial charge in [-0.3, -0.25) is 10.1 Å². The maximum absolute atomic E-state index is 12.1. The van der Waals surface area contributed by atoms with E-state index in [0.717, 1.165) is 36.8 Å². The van der Waals surface area contributed by atoms with Gasteiger partial charge in [0.05, 0.1) is 19.3 Å². The molecular weight excluding hydrogens is 340 g/mol. The zero-order chi connectivity index (χ0) is 19.0. The van der Waals surface area contributed by atoms with E-state index in [0.29, 0.717) is 0 Å². The number of imide groups is 1. The van der Waals surface area contributed by atoms with Gasteiger partial charge in [-0.05, 0) is 13.3 Å². The average molecular weight is 372 g/mol. The third-order valence-corrected chi connectivity index (χ3v) is 5.09. The minimum atomic E-state index is -0.507. The molecule has 0 aliphatic heterocycles. The largest absolute Gasteiger partial charge is 0.341 e. The molecule has 0 fully saturated rings. The first-order valence-corrected chi connectivity index (χ1v) is 9.65. The van der Waals surface area contributed by atoms with Crippen LogP contribution in [0.5, 0.6) is 0 Å². The molecule has 0 aliphatic carbocycles. The number of carbonyl (C=O) groups excluding carboxylic acids is 2. The van der Waals surface area contributed by atoms with Gasteiger partial charge in [0.25, 0.3) is 0 Å². The van der Waals surface area contributed by atoms with E-state index in [1.165, 1.54) is 23.7 Å². The van der Waals surface area contributed by atoms with E-state index < -0.39 is 11.3 Å². The molecule has 25 heavy (non-hydrogen) atoms. The molecule has 0 aliphatic rings. The normalized spacial score (nSPS) is 13.6. The van der Waals surface area contributed by atoms with Crippen LogP contribution in [0.15, 0.2) is 5.16 Å². The van der Waals surface area contributed by atoms with Crippen LogP contribution >= 0.6 is 11.8 Å². The summed E-state index contributed by atoms with van der Waals surface area (Å²) in [6, 6.07) is -0.249. The minimum Gasteiger partial charge on any atom is -0.341 e. The molecule has 9 heteroatoms. The number of carbonyl (C=O) groups is 2. The maximum atomic E-state index is 12.1.